The first kappa shape index (κ1) is 10.8. The lowest BCUT2D eigenvalue weighted by molar-refractivity contribution is 0.625. The van der Waals surface area contributed by atoms with Crippen LogP contribution in [0.1, 0.15) is 11.4 Å². The molecule has 0 aromatic carbocycles. The average Bonchev–Trinajstić information content (AvgIpc) is 2.76. The third kappa shape index (κ3) is 2.67. The Balaban J connectivity index is 1.97. The average molecular weight is 216 g/mol. The van der Waals surface area contributed by atoms with E-state index >= 15 is 0 Å². The number of hydrogen-bond acceptors (Lipinski definition) is 3. The quantitative estimate of drug-likeness (QED) is 0.817. The fourth-order valence-corrected chi connectivity index (χ4v) is 1.67. The third-order valence-electron chi connectivity index (χ3n) is 2.53. The number of imidazole rings is 1. The van der Waals surface area contributed by atoms with E-state index in [1.165, 1.54) is 5.56 Å². The van der Waals surface area contributed by atoms with E-state index in [0.717, 1.165) is 25.3 Å². The van der Waals surface area contributed by atoms with Crippen LogP contribution in [0, 0.1) is 0 Å². The molecule has 4 heteroatoms. The van der Waals surface area contributed by atoms with Gasteiger partial charge in [-0.1, -0.05) is 0 Å². The molecule has 0 aliphatic heterocycles. The molecule has 0 unspecified atom stereocenters. The predicted molar refractivity (Wildman–Crippen MR) is 62.9 cm³/mol. The molecule has 0 bridgehead atoms. The molecule has 0 saturated carbocycles. The van der Waals surface area contributed by atoms with Gasteiger partial charge in [0.1, 0.15) is 5.82 Å². The highest BCUT2D eigenvalue weighted by molar-refractivity contribution is 5.09. The topological polar surface area (TPSA) is 42.7 Å². The lowest BCUT2D eigenvalue weighted by Gasteiger charge is -2.07. The fourth-order valence-electron chi connectivity index (χ4n) is 1.67. The molecule has 0 saturated heterocycles. The Hall–Kier alpha value is -1.68. The number of nitrogens with one attached hydrogen (secondary N) is 1. The maximum Gasteiger partial charge on any atom is 0.122 e. The first-order valence-corrected chi connectivity index (χ1v) is 5.43. The lowest BCUT2D eigenvalue weighted by atomic mass is 10.2. The second kappa shape index (κ2) is 5.42. The van der Waals surface area contributed by atoms with Crippen LogP contribution in [0.2, 0.25) is 0 Å². The van der Waals surface area contributed by atoms with Gasteiger partial charge < -0.3 is 9.88 Å². The molecule has 2 rings (SSSR count). The summed E-state index contributed by atoms with van der Waals surface area (Å²) in [6, 6.07) is 4.10. The van der Waals surface area contributed by atoms with E-state index in [1.54, 1.807) is 0 Å². The van der Waals surface area contributed by atoms with Crippen LogP contribution >= 0.6 is 0 Å². The monoisotopic (exact) mass is 216 g/mol. The highest BCUT2D eigenvalue weighted by Gasteiger charge is 2.01. The molecular formula is C12H16N4. The summed E-state index contributed by atoms with van der Waals surface area (Å²) >= 11 is 0. The van der Waals surface area contributed by atoms with E-state index in [2.05, 4.69) is 32.0 Å². The zero-order valence-electron chi connectivity index (χ0n) is 9.43. The minimum atomic E-state index is 0.809. The molecule has 2 aromatic rings. The lowest BCUT2D eigenvalue weighted by Crippen LogP contribution is -2.13. The highest BCUT2D eigenvalue weighted by Crippen LogP contribution is 2.03. The minimum Gasteiger partial charge on any atom is -0.334 e. The molecule has 0 atom stereocenters. The molecule has 84 valence electrons. The number of pyridine rings is 1. The van der Waals surface area contributed by atoms with Gasteiger partial charge in [-0.05, 0) is 31.2 Å². The van der Waals surface area contributed by atoms with Crippen LogP contribution in [-0.4, -0.2) is 21.6 Å². The van der Waals surface area contributed by atoms with Gasteiger partial charge in [-0.2, -0.15) is 0 Å². The number of aryl methyl sites for hydroxylation is 2. The van der Waals surface area contributed by atoms with Gasteiger partial charge in [-0.25, -0.2) is 4.98 Å². The first-order valence-electron chi connectivity index (χ1n) is 5.43. The van der Waals surface area contributed by atoms with Gasteiger partial charge in [0.2, 0.25) is 0 Å². The molecule has 0 aliphatic rings. The highest BCUT2D eigenvalue weighted by atomic mass is 15.1. The van der Waals surface area contributed by atoms with E-state index in [9.17, 15) is 0 Å². The van der Waals surface area contributed by atoms with Crippen molar-refractivity contribution in [1.29, 1.82) is 0 Å². The molecular weight excluding hydrogens is 200 g/mol. The van der Waals surface area contributed by atoms with E-state index in [0.29, 0.717) is 0 Å². The van der Waals surface area contributed by atoms with Crippen LogP contribution in [0.3, 0.4) is 0 Å². The Morgan fingerprint density at radius 3 is 2.81 bits per heavy atom. The van der Waals surface area contributed by atoms with Crippen molar-refractivity contribution in [3.05, 3.63) is 48.3 Å². The summed E-state index contributed by atoms with van der Waals surface area (Å²) in [5.41, 5.74) is 1.30. The van der Waals surface area contributed by atoms with Crippen LogP contribution in [-0.2, 0) is 19.5 Å². The maximum absolute atomic E-state index is 4.31. The van der Waals surface area contributed by atoms with Crippen LogP contribution in [0.5, 0.6) is 0 Å². The Morgan fingerprint density at radius 2 is 2.06 bits per heavy atom. The van der Waals surface area contributed by atoms with Gasteiger partial charge in [0.05, 0.1) is 6.54 Å². The molecule has 4 nitrogen and oxygen atoms in total. The largest absolute Gasteiger partial charge is 0.334 e. The summed E-state index contributed by atoms with van der Waals surface area (Å²) in [6.45, 7) is 1.77. The van der Waals surface area contributed by atoms with Crippen molar-refractivity contribution in [3.63, 3.8) is 0 Å². The van der Waals surface area contributed by atoms with E-state index in [-0.39, 0.29) is 0 Å². The molecule has 0 fully saturated rings. The van der Waals surface area contributed by atoms with Gasteiger partial charge >= 0.3 is 0 Å². The van der Waals surface area contributed by atoms with Crippen LogP contribution in [0.25, 0.3) is 0 Å². The standard InChI is InChI=1S/C12H16N4/c1-13-10-12-15-7-9-16(12)8-4-11-2-5-14-6-3-11/h2-3,5-7,9,13H,4,8,10H2,1H3. The van der Waals surface area contributed by atoms with Crippen molar-refractivity contribution in [2.45, 2.75) is 19.5 Å². The van der Waals surface area contributed by atoms with E-state index in [4.69, 9.17) is 0 Å². The maximum atomic E-state index is 4.31. The SMILES string of the molecule is CNCc1nccn1CCc1ccncc1. The van der Waals surface area contributed by atoms with Crippen LogP contribution in [0.15, 0.2) is 36.9 Å². The zero-order valence-corrected chi connectivity index (χ0v) is 9.43. The van der Waals surface area contributed by atoms with Crippen LogP contribution < -0.4 is 5.32 Å². The Kier molecular flexibility index (Phi) is 3.66. The molecule has 2 aromatic heterocycles. The van der Waals surface area contributed by atoms with Crippen molar-refractivity contribution in [3.8, 4) is 0 Å². The summed E-state index contributed by atoms with van der Waals surface area (Å²) in [6.07, 6.45) is 8.54. The van der Waals surface area contributed by atoms with Crippen LogP contribution in [0.4, 0.5) is 0 Å². The minimum absolute atomic E-state index is 0.809. The fraction of sp³-hybridized carbons (Fsp3) is 0.333. The smallest absolute Gasteiger partial charge is 0.122 e. The van der Waals surface area contributed by atoms with Gasteiger partial charge in [0.25, 0.3) is 0 Å². The van der Waals surface area contributed by atoms with Crippen molar-refractivity contribution >= 4 is 0 Å². The van der Waals surface area contributed by atoms with Crippen molar-refractivity contribution in [2.24, 2.45) is 0 Å². The molecule has 0 aliphatic carbocycles. The zero-order chi connectivity index (χ0) is 11.2. The normalized spacial score (nSPS) is 10.6. The van der Waals surface area contributed by atoms with Crippen molar-refractivity contribution < 1.29 is 0 Å². The Morgan fingerprint density at radius 1 is 1.25 bits per heavy atom. The molecule has 0 amide bonds. The van der Waals surface area contributed by atoms with E-state index in [1.807, 2.05) is 31.8 Å². The van der Waals surface area contributed by atoms with Gasteiger partial charge in [-0.15, -0.1) is 0 Å². The summed E-state index contributed by atoms with van der Waals surface area (Å²) in [5, 5.41) is 3.12. The van der Waals surface area contributed by atoms with Gasteiger partial charge in [0.15, 0.2) is 0 Å². The summed E-state index contributed by atoms with van der Waals surface area (Å²) in [5.74, 6) is 1.08. The number of nitrogens with zero attached hydrogens (tertiary/aromatic N) is 3. The number of rotatable bonds is 5. The Labute approximate surface area is 95.4 Å². The molecule has 0 spiro atoms. The summed E-state index contributed by atoms with van der Waals surface area (Å²) in [4.78, 5) is 8.31. The van der Waals surface area contributed by atoms with Crippen molar-refractivity contribution in [2.75, 3.05) is 7.05 Å². The summed E-state index contributed by atoms with van der Waals surface area (Å²) in [7, 11) is 1.93. The van der Waals surface area contributed by atoms with Gasteiger partial charge in [0, 0.05) is 31.3 Å². The Bertz CT molecular complexity index is 422. The predicted octanol–water partition coefficient (Wildman–Crippen LogP) is 1.24. The molecule has 16 heavy (non-hydrogen) atoms. The van der Waals surface area contributed by atoms with Crippen molar-refractivity contribution in [1.82, 2.24) is 19.9 Å². The summed E-state index contributed by atoms with van der Waals surface area (Å²) < 4.78 is 2.18. The first-order chi connectivity index (χ1) is 7.90. The third-order valence-corrected chi connectivity index (χ3v) is 2.53. The van der Waals surface area contributed by atoms with Gasteiger partial charge in [-0.3, -0.25) is 4.98 Å². The molecule has 0 radical (unpaired) electrons. The number of aromatic nitrogens is 3. The second-order valence-corrected chi connectivity index (χ2v) is 3.67. The van der Waals surface area contributed by atoms with E-state index < -0.39 is 0 Å². The second-order valence-electron chi connectivity index (χ2n) is 3.67. The molecule has 2 heterocycles. The molecule has 1 N–H and O–H groups in total. The number of hydrogen-bond donors (Lipinski definition) is 1.